The zero-order chi connectivity index (χ0) is 10.5. The Bertz CT molecular complexity index is 190. The lowest BCUT2D eigenvalue weighted by molar-refractivity contribution is -0.306. The van der Waals surface area contributed by atoms with E-state index in [9.17, 15) is 26.3 Å². The highest BCUT2D eigenvalue weighted by molar-refractivity contribution is 5.11. The van der Waals surface area contributed by atoms with E-state index in [0.29, 0.717) is 0 Å². The van der Waals surface area contributed by atoms with Gasteiger partial charge in [0.2, 0.25) is 0 Å². The lowest BCUT2D eigenvalue weighted by Gasteiger charge is -2.23. The number of hydrogen-bond donors (Lipinski definition) is 1. The molecule has 0 aromatic rings. The van der Waals surface area contributed by atoms with E-state index in [4.69, 9.17) is 5.11 Å². The maximum absolute atomic E-state index is 12.0. The number of hydrogen-bond acceptors (Lipinski definition) is 1. The van der Waals surface area contributed by atoms with Crippen molar-refractivity contribution in [1.82, 2.24) is 0 Å². The minimum absolute atomic E-state index is 1.06. The zero-order valence-electron chi connectivity index (χ0n) is 6.21. The number of alkyl halides is 6. The van der Waals surface area contributed by atoms with Gasteiger partial charge < -0.3 is 5.11 Å². The summed E-state index contributed by atoms with van der Waals surface area (Å²) in [6, 6.07) is 0. The highest BCUT2D eigenvalue weighted by Crippen LogP contribution is 2.69. The Morgan fingerprint density at radius 3 is 1.54 bits per heavy atom. The molecule has 0 unspecified atom stereocenters. The van der Waals surface area contributed by atoms with Gasteiger partial charge in [-0.15, -0.1) is 0 Å². The lowest BCUT2D eigenvalue weighted by Crippen LogP contribution is -2.40. The summed E-state index contributed by atoms with van der Waals surface area (Å²) >= 11 is 0. The first-order chi connectivity index (χ1) is 5.67. The maximum atomic E-state index is 12.0. The fraction of sp³-hybridized carbons (Fsp3) is 1.00. The van der Waals surface area contributed by atoms with Crippen molar-refractivity contribution in [2.45, 2.75) is 18.8 Å². The Kier molecular flexibility index (Phi) is 2.06. The Morgan fingerprint density at radius 1 is 1.08 bits per heavy atom. The molecule has 13 heavy (non-hydrogen) atoms. The maximum Gasteiger partial charge on any atom is 0.403 e. The van der Waals surface area contributed by atoms with Gasteiger partial charge >= 0.3 is 12.4 Å². The number of aliphatic hydroxyl groups is 1. The van der Waals surface area contributed by atoms with Gasteiger partial charge in [-0.25, -0.2) is 0 Å². The van der Waals surface area contributed by atoms with Crippen molar-refractivity contribution < 1.29 is 31.4 Å². The molecule has 1 nitrogen and oxygen atoms in total. The first-order valence-corrected chi connectivity index (χ1v) is 3.41. The van der Waals surface area contributed by atoms with Crippen molar-refractivity contribution in [3.63, 3.8) is 0 Å². The molecule has 0 spiro atoms. The predicted octanol–water partition coefficient (Wildman–Crippen LogP) is 2.11. The van der Waals surface area contributed by atoms with Crippen molar-refractivity contribution in [2.24, 2.45) is 11.3 Å². The van der Waals surface area contributed by atoms with Crippen LogP contribution in [-0.4, -0.2) is 24.1 Å². The molecule has 0 aliphatic heterocycles. The van der Waals surface area contributed by atoms with Crippen LogP contribution < -0.4 is 0 Å². The summed E-state index contributed by atoms with van der Waals surface area (Å²) in [5.41, 5.74) is -3.66. The summed E-state index contributed by atoms with van der Waals surface area (Å²) in [6.07, 6.45) is -11.7. The molecule has 0 aromatic heterocycles. The van der Waals surface area contributed by atoms with Crippen molar-refractivity contribution in [3.8, 4) is 0 Å². The molecule has 78 valence electrons. The third kappa shape index (κ3) is 1.29. The second kappa shape index (κ2) is 2.52. The van der Waals surface area contributed by atoms with Crippen LogP contribution in [0.3, 0.4) is 0 Å². The van der Waals surface area contributed by atoms with Gasteiger partial charge in [-0.2, -0.15) is 26.3 Å². The van der Waals surface area contributed by atoms with Gasteiger partial charge in [0, 0.05) is 12.5 Å². The molecule has 1 fully saturated rings. The monoisotopic (exact) mass is 208 g/mol. The predicted molar refractivity (Wildman–Crippen MR) is 29.7 cm³/mol. The largest absolute Gasteiger partial charge is 0.403 e. The average Bonchev–Trinajstić information content (AvgIpc) is 2.57. The molecule has 0 radical (unpaired) electrons. The lowest BCUT2D eigenvalue weighted by atomic mass is 10.0. The van der Waals surface area contributed by atoms with E-state index in [1.807, 2.05) is 0 Å². The summed E-state index contributed by atoms with van der Waals surface area (Å²) in [5.74, 6) is -1.73. The molecular weight excluding hydrogens is 202 g/mol. The first kappa shape index (κ1) is 10.6. The van der Waals surface area contributed by atoms with Gasteiger partial charge in [-0.3, -0.25) is 0 Å². The van der Waals surface area contributed by atoms with Crippen molar-refractivity contribution in [1.29, 1.82) is 0 Å². The Morgan fingerprint density at radius 2 is 1.46 bits per heavy atom. The third-order valence-corrected chi connectivity index (χ3v) is 2.34. The van der Waals surface area contributed by atoms with E-state index >= 15 is 0 Å². The van der Waals surface area contributed by atoms with E-state index in [2.05, 4.69) is 0 Å². The summed E-state index contributed by atoms with van der Waals surface area (Å²) < 4.78 is 72.0. The van der Waals surface area contributed by atoms with Gasteiger partial charge in [0.25, 0.3) is 0 Å². The number of aliphatic hydroxyl groups excluding tert-OH is 1. The highest BCUT2D eigenvalue weighted by atomic mass is 19.4. The molecule has 1 aliphatic rings. The topological polar surface area (TPSA) is 20.2 Å². The molecular formula is C6H6F6O. The third-order valence-electron chi connectivity index (χ3n) is 2.34. The first-order valence-electron chi connectivity index (χ1n) is 3.41. The summed E-state index contributed by atoms with van der Waals surface area (Å²) in [7, 11) is 0. The van der Waals surface area contributed by atoms with Crippen LogP contribution in [0, 0.1) is 11.3 Å². The van der Waals surface area contributed by atoms with Crippen LogP contribution in [0.4, 0.5) is 26.3 Å². The second-order valence-electron chi connectivity index (χ2n) is 3.05. The van der Waals surface area contributed by atoms with E-state index in [1.165, 1.54) is 0 Å². The van der Waals surface area contributed by atoms with Crippen LogP contribution in [-0.2, 0) is 0 Å². The van der Waals surface area contributed by atoms with Gasteiger partial charge in [0.15, 0.2) is 5.41 Å². The smallest absolute Gasteiger partial charge is 0.396 e. The standard InChI is InChI=1S/C6H6F6O/c7-5(8,9)4(6(10,11)12)1-3(4)2-13/h3,13H,1-2H2/t3-/m0/s1. The molecule has 0 amide bonds. The Labute approximate surface area is 69.3 Å². The molecule has 1 aliphatic carbocycles. The minimum Gasteiger partial charge on any atom is -0.396 e. The SMILES string of the molecule is OC[C@@H]1CC1(C(F)(F)F)C(F)(F)F. The van der Waals surface area contributed by atoms with E-state index < -0.39 is 36.7 Å². The molecule has 1 rings (SSSR count). The molecule has 1 saturated carbocycles. The van der Waals surface area contributed by atoms with Crippen LogP contribution in [0.1, 0.15) is 6.42 Å². The van der Waals surface area contributed by atoms with Gasteiger partial charge in [0.1, 0.15) is 0 Å². The van der Waals surface area contributed by atoms with Crippen LogP contribution >= 0.6 is 0 Å². The minimum atomic E-state index is -5.32. The van der Waals surface area contributed by atoms with Crippen molar-refractivity contribution in [2.75, 3.05) is 6.61 Å². The number of halogens is 6. The molecule has 0 bridgehead atoms. The Balaban J connectivity index is 2.95. The summed E-state index contributed by atoms with van der Waals surface area (Å²) in [4.78, 5) is 0. The highest BCUT2D eigenvalue weighted by Gasteiger charge is 2.83. The quantitative estimate of drug-likeness (QED) is 0.654. The average molecular weight is 208 g/mol. The van der Waals surface area contributed by atoms with Gasteiger partial charge in [-0.1, -0.05) is 0 Å². The molecule has 0 heterocycles. The van der Waals surface area contributed by atoms with Crippen LogP contribution in [0.15, 0.2) is 0 Å². The fourth-order valence-corrected chi connectivity index (χ4v) is 1.41. The van der Waals surface area contributed by atoms with Gasteiger partial charge in [0.05, 0.1) is 0 Å². The zero-order valence-corrected chi connectivity index (χ0v) is 6.21. The molecule has 1 N–H and O–H groups in total. The van der Waals surface area contributed by atoms with Crippen LogP contribution in [0.5, 0.6) is 0 Å². The molecule has 0 aromatic carbocycles. The molecule has 7 heteroatoms. The van der Waals surface area contributed by atoms with E-state index in [1.54, 1.807) is 0 Å². The molecule has 0 saturated heterocycles. The van der Waals surface area contributed by atoms with E-state index in [-0.39, 0.29) is 0 Å². The number of rotatable bonds is 1. The fourth-order valence-electron chi connectivity index (χ4n) is 1.41. The van der Waals surface area contributed by atoms with Crippen LogP contribution in [0.2, 0.25) is 0 Å². The molecule has 1 atom stereocenters. The van der Waals surface area contributed by atoms with Crippen LogP contribution in [0.25, 0.3) is 0 Å². The summed E-state index contributed by atoms with van der Waals surface area (Å²) in [5, 5.41) is 8.27. The Hall–Kier alpha value is -0.460. The van der Waals surface area contributed by atoms with Gasteiger partial charge in [-0.05, 0) is 6.42 Å². The van der Waals surface area contributed by atoms with Crippen molar-refractivity contribution in [3.05, 3.63) is 0 Å². The van der Waals surface area contributed by atoms with E-state index in [0.717, 1.165) is 0 Å². The second-order valence-corrected chi connectivity index (χ2v) is 3.05. The summed E-state index contributed by atoms with van der Waals surface area (Å²) in [6.45, 7) is -1.08. The van der Waals surface area contributed by atoms with Crippen molar-refractivity contribution >= 4 is 0 Å². The normalized spacial score (nSPS) is 27.5.